The third kappa shape index (κ3) is 4.09. The van der Waals surface area contributed by atoms with Gasteiger partial charge in [-0.1, -0.05) is 31.7 Å². The normalized spacial score (nSPS) is 19.4. The summed E-state index contributed by atoms with van der Waals surface area (Å²) in [7, 11) is 0. The lowest BCUT2D eigenvalue weighted by Crippen LogP contribution is -2.35. The van der Waals surface area contributed by atoms with E-state index in [-0.39, 0.29) is 17.9 Å². The van der Waals surface area contributed by atoms with Crippen LogP contribution in [0, 0.1) is 0 Å². The van der Waals surface area contributed by atoms with Gasteiger partial charge in [0.1, 0.15) is 11.4 Å². The molecule has 2 aliphatic rings. The Balaban J connectivity index is 1.66. The smallest absolute Gasteiger partial charge is 0.272 e. The molecule has 5 nitrogen and oxygen atoms in total. The third-order valence-electron chi connectivity index (χ3n) is 4.78. The summed E-state index contributed by atoms with van der Waals surface area (Å²) >= 11 is 0. The van der Waals surface area contributed by atoms with Crippen molar-refractivity contribution in [1.29, 1.82) is 0 Å². The first-order valence-corrected chi connectivity index (χ1v) is 8.81. The van der Waals surface area contributed by atoms with E-state index in [1.165, 1.54) is 25.7 Å². The van der Waals surface area contributed by atoms with Crippen LogP contribution in [0.15, 0.2) is 18.2 Å². The van der Waals surface area contributed by atoms with E-state index in [9.17, 15) is 9.59 Å². The Morgan fingerprint density at radius 1 is 0.957 bits per heavy atom. The van der Waals surface area contributed by atoms with Gasteiger partial charge in [-0.15, -0.1) is 0 Å². The van der Waals surface area contributed by atoms with E-state index in [1.54, 1.807) is 18.2 Å². The van der Waals surface area contributed by atoms with Crippen molar-refractivity contribution in [3.05, 3.63) is 29.6 Å². The van der Waals surface area contributed by atoms with E-state index in [4.69, 9.17) is 0 Å². The quantitative estimate of drug-likeness (QED) is 0.872. The maximum Gasteiger partial charge on any atom is 0.272 e. The topological polar surface area (TPSA) is 62.3 Å². The fraction of sp³-hybridized carbons (Fsp3) is 0.611. The van der Waals surface area contributed by atoms with Gasteiger partial charge < -0.3 is 10.2 Å². The maximum atomic E-state index is 12.4. The molecule has 2 amide bonds. The maximum absolute atomic E-state index is 12.4. The van der Waals surface area contributed by atoms with E-state index < -0.39 is 0 Å². The van der Waals surface area contributed by atoms with Gasteiger partial charge in [0.05, 0.1) is 0 Å². The molecule has 0 atom stereocenters. The molecule has 2 fully saturated rings. The Labute approximate surface area is 137 Å². The number of hydrogen-bond acceptors (Lipinski definition) is 3. The summed E-state index contributed by atoms with van der Waals surface area (Å²) in [4.78, 5) is 30.9. The first-order valence-electron chi connectivity index (χ1n) is 8.81. The van der Waals surface area contributed by atoms with E-state index in [1.807, 2.05) is 4.90 Å². The molecule has 0 unspecified atom stereocenters. The largest absolute Gasteiger partial charge is 0.348 e. The molecule has 1 saturated heterocycles. The SMILES string of the molecule is O=C(NC1CCCCCC1)c1cccc(C(=O)N2CCCC2)n1. The molecular weight excluding hydrogens is 290 g/mol. The van der Waals surface area contributed by atoms with Crippen molar-refractivity contribution in [2.24, 2.45) is 0 Å². The minimum Gasteiger partial charge on any atom is -0.348 e. The Hall–Kier alpha value is -1.91. The Kier molecular flexibility index (Phi) is 5.26. The van der Waals surface area contributed by atoms with E-state index >= 15 is 0 Å². The average molecular weight is 315 g/mol. The molecule has 1 aromatic heterocycles. The van der Waals surface area contributed by atoms with E-state index in [0.717, 1.165) is 38.8 Å². The lowest BCUT2D eigenvalue weighted by Gasteiger charge is -2.17. The lowest BCUT2D eigenvalue weighted by molar-refractivity contribution is 0.0787. The van der Waals surface area contributed by atoms with E-state index in [2.05, 4.69) is 10.3 Å². The molecule has 1 saturated carbocycles. The van der Waals surface area contributed by atoms with Gasteiger partial charge >= 0.3 is 0 Å². The summed E-state index contributed by atoms with van der Waals surface area (Å²) in [6.07, 6.45) is 9.03. The number of nitrogens with zero attached hydrogens (tertiary/aromatic N) is 2. The Bertz CT molecular complexity index is 559. The molecule has 2 heterocycles. The van der Waals surface area contributed by atoms with Crippen LogP contribution >= 0.6 is 0 Å². The van der Waals surface area contributed by atoms with Crippen molar-refractivity contribution in [1.82, 2.24) is 15.2 Å². The third-order valence-corrected chi connectivity index (χ3v) is 4.78. The summed E-state index contributed by atoms with van der Waals surface area (Å²) in [6, 6.07) is 5.37. The minimum atomic E-state index is -0.159. The molecule has 23 heavy (non-hydrogen) atoms. The predicted molar refractivity (Wildman–Crippen MR) is 88.3 cm³/mol. The van der Waals surface area contributed by atoms with Crippen LogP contribution in [0.3, 0.4) is 0 Å². The van der Waals surface area contributed by atoms with Crippen LogP contribution in [0.2, 0.25) is 0 Å². The Morgan fingerprint density at radius 3 is 2.30 bits per heavy atom. The first kappa shape index (κ1) is 16.0. The zero-order valence-electron chi connectivity index (χ0n) is 13.6. The molecule has 0 radical (unpaired) electrons. The summed E-state index contributed by atoms with van der Waals surface area (Å²) in [5.74, 6) is -0.223. The van der Waals surface area contributed by atoms with Crippen LogP contribution in [0.4, 0.5) is 0 Å². The van der Waals surface area contributed by atoms with Crippen LogP contribution in [-0.4, -0.2) is 40.8 Å². The van der Waals surface area contributed by atoms with Gasteiger partial charge in [-0.3, -0.25) is 9.59 Å². The molecule has 1 aliphatic carbocycles. The number of aromatic nitrogens is 1. The van der Waals surface area contributed by atoms with Crippen molar-refractivity contribution in [2.75, 3.05) is 13.1 Å². The average Bonchev–Trinajstić information content (AvgIpc) is 3.00. The number of amides is 2. The summed E-state index contributed by atoms with van der Waals surface area (Å²) in [6.45, 7) is 1.58. The fourth-order valence-corrected chi connectivity index (χ4v) is 3.45. The van der Waals surface area contributed by atoms with Crippen LogP contribution in [0.25, 0.3) is 0 Å². The standard InChI is InChI=1S/C18H25N3O2/c22-17(19-14-8-3-1-2-4-9-14)15-10-7-11-16(20-15)18(23)21-12-5-6-13-21/h7,10-11,14H,1-6,8-9,12-13H2,(H,19,22). The molecule has 0 spiro atoms. The molecular formula is C18H25N3O2. The van der Waals surface area contributed by atoms with Crippen molar-refractivity contribution in [2.45, 2.75) is 57.4 Å². The molecule has 124 valence electrons. The molecule has 0 aromatic carbocycles. The predicted octanol–water partition coefficient (Wildman–Crippen LogP) is 2.77. The van der Waals surface area contributed by atoms with Gasteiger partial charge in [-0.05, 0) is 37.8 Å². The highest BCUT2D eigenvalue weighted by Crippen LogP contribution is 2.18. The van der Waals surface area contributed by atoms with Gasteiger partial charge in [0, 0.05) is 19.1 Å². The number of carbonyl (C=O) groups excluding carboxylic acids is 2. The number of rotatable bonds is 3. The van der Waals surface area contributed by atoms with Crippen molar-refractivity contribution in [3.63, 3.8) is 0 Å². The number of likely N-dealkylation sites (tertiary alicyclic amines) is 1. The van der Waals surface area contributed by atoms with Crippen molar-refractivity contribution >= 4 is 11.8 Å². The second-order valence-corrected chi connectivity index (χ2v) is 6.57. The van der Waals surface area contributed by atoms with Crippen molar-refractivity contribution < 1.29 is 9.59 Å². The van der Waals surface area contributed by atoms with Gasteiger partial charge in [0.25, 0.3) is 11.8 Å². The Morgan fingerprint density at radius 2 is 1.61 bits per heavy atom. The molecule has 5 heteroatoms. The summed E-state index contributed by atoms with van der Waals surface area (Å²) in [5.41, 5.74) is 0.722. The zero-order chi connectivity index (χ0) is 16.1. The number of nitrogens with one attached hydrogen (secondary N) is 1. The second kappa shape index (κ2) is 7.57. The van der Waals surface area contributed by atoms with Gasteiger partial charge in [-0.25, -0.2) is 4.98 Å². The van der Waals surface area contributed by atoms with Crippen LogP contribution < -0.4 is 5.32 Å². The highest BCUT2D eigenvalue weighted by molar-refractivity contribution is 5.96. The molecule has 1 aliphatic heterocycles. The minimum absolute atomic E-state index is 0.0633. The number of hydrogen-bond donors (Lipinski definition) is 1. The number of carbonyl (C=O) groups is 2. The van der Waals surface area contributed by atoms with Crippen LogP contribution in [0.1, 0.15) is 72.3 Å². The summed E-state index contributed by atoms with van der Waals surface area (Å²) in [5, 5.41) is 3.08. The second-order valence-electron chi connectivity index (χ2n) is 6.57. The highest BCUT2D eigenvalue weighted by atomic mass is 16.2. The zero-order valence-corrected chi connectivity index (χ0v) is 13.6. The van der Waals surface area contributed by atoms with E-state index in [0.29, 0.717) is 11.4 Å². The van der Waals surface area contributed by atoms with Gasteiger partial charge in [0.15, 0.2) is 0 Å². The van der Waals surface area contributed by atoms with Gasteiger partial charge in [-0.2, -0.15) is 0 Å². The lowest BCUT2D eigenvalue weighted by atomic mass is 10.1. The summed E-state index contributed by atoms with van der Waals surface area (Å²) < 4.78 is 0. The highest BCUT2D eigenvalue weighted by Gasteiger charge is 2.22. The molecule has 3 rings (SSSR count). The first-order chi connectivity index (χ1) is 11.2. The fourth-order valence-electron chi connectivity index (χ4n) is 3.45. The molecule has 1 aromatic rings. The monoisotopic (exact) mass is 315 g/mol. The van der Waals surface area contributed by atoms with Gasteiger partial charge in [0.2, 0.25) is 0 Å². The molecule has 0 bridgehead atoms. The molecule has 1 N–H and O–H groups in total. The van der Waals surface area contributed by atoms with Crippen molar-refractivity contribution in [3.8, 4) is 0 Å². The van der Waals surface area contributed by atoms with Crippen LogP contribution in [0.5, 0.6) is 0 Å². The number of pyridine rings is 1. The van der Waals surface area contributed by atoms with Crippen LogP contribution in [-0.2, 0) is 0 Å².